The van der Waals surface area contributed by atoms with Crippen LogP contribution < -0.4 is 3.07 Å². The molecule has 1 aromatic rings. The van der Waals surface area contributed by atoms with Crippen molar-refractivity contribution in [2.75, 3.05) is 0 Å². The van der Waals surface area contributed by atoms with Crippen molar-refractivity contribution >= 4 is 33.1 Å². The zero-order chi connectivity index (χ0) is 11.8. The first kappa shape index (κ1) is 12.7. The zero-order valence-corrected chi connectivity index (χ0v) is 11.5. The molecular weight excluding hydrogens is 331 g/mol. The highest BCUT2D eigenvalue weighted by Crippen LogP contribution is 2.34. The van der Waals surface area contributed by atoms with Crippen LogP contribution >= 0.6 is 23.0 Å². The van der Waals surface area contributed by atoms with Gasteiger partial charge in [0.1, 0.15) is 4.90 Å². The van der Waals surface area contributed by atoms with Crippen LogP contribution in [0.3, 0.4) is 0 Å². The summed E-state index contributed by atoms with van der Waals surface area (Å²) in [6.07, 6.45) is 0. The molecule has 15 heavy (non-hydrogen) atoms. The Labute approximate surface area is 103 Å². The van der Waals surface area contributed by atoms with Crippen LogP contribution in [0.15, 0.2) is 11.0 Å². The Morgan fingerprint density at radius 1 is 1.27 bits per heavy atom. The summed E-state index contributed by atoms with van der Waals surface area (Å²) < 4.78 is 36.5. The quantitative estimate of drug-likeness (QED) is 0.663. The average molecular weight is 342 g/mol. The van der Waals surface area contributed by atoms with E-state index in [9.17, 15) is 8.42 Å². The third-order valence-electron chi connectivity index (χ3n) is 2.26. The summed E-state index contributed by atoms with van der Waals surface area (Å²) in [5, 5.41) is 0. The summed E-state index contributed by atoms with van der Waals surface area (Å²) in [6.45, 7) is 5.15. The van der Waals surface area contributed by atoms with Crippen molar-refractivity contribution in [2.45, 2.75) is 25.7 Å². The second kappa shape index (κ2) is 4.26. The maximum atomic E-state index is 11.2. The molecule has 0 aromatic heterocycles. The van der Waals surface area contributed by atoms with Crippen molar-refractivity contribution in [3.8, 4) is 5.75 Å². The number of halogens is 1. The van der Waals surface area contributed by atoms with Crippen LogP contribution in [-0.2, 0) is 10.1 Å². The van der Waals surface area contributed by atoms with Gasteiger partial charge in [-0.2, -0.15) is 8.42 Å². The molecule has 1 aromatic carbocycles. The standard InChI is InChI=1S/C9H11IO4S/c1-5-4-6(2)8(14-10)9(7(5)3)15(11,12)13/h4H,1-3H3,(H,11,12,13). The Balaban J connectivity index is 3.74. The van der Waals surface area contributed by atoms with Gasteiger partial charge >= 0.3 is 0 Å². The Kier molecular flexibility index (Phi) is 3.62. The van der Waals surface area contributed by atoms with Crippen molar-refractivity contribution in [3.63, 3.8) is 0 Å². The van der Waals surface area contributed by atoms with Crippen molar-refractivity contribution in [1.82, 2.24) is 0 Å². The first-order valence-corrected chi connectivity index (χ1v) is 6.48. The molecule has 0 saturated carbocycles. The van der Waals surface area contributed by atoms with Crippen LogP contribution in [0.4, 0.5) is 0 Å². The Bertz CT molecular complexity index is 493. The number of hydrogen-bond acceptors (Lipinski definition) is 3. The molecule has 0 spiro atoms. The van der Waals surface area contributed by atoms with E-state index in [1.165, 1.54) is 0 Å². The van der Waals surface area contributed by atoms with Crippen molar-refractivity contribution in [1.29, 1.82) is 0 Å². The van der Waals surface area contributed by atoms with Crippen LogP contribution in [-0.4, -0.2) is 13.0 Å². The molecule has 1 rings (SSSR count). The van der Waals surface area contributed by atoms with Gasteiger partial charge in [0.25, 0.3) is 10.1 Å². The van der Waals surface area contributed by atoms with Crippen molar-refractivity contribution < 1.29 is 16.0 Å². The van der Waals surface area contributed by atoms with Gasteiger partial charge in [0.15, 0.2) is 28.8 Å². The van der Waals surface area contributed by atoms with Crippen LogP contribution in [0.5, 0.6) is 5.75 Å². The maximum absolute atomic E-state index is 11.2. The van der Waals surface area contributed by atoms with Gasteiger partial charge in [-0.3, -0.25) is 4.55 Å². The largest absolute Gasteiger partial charge is 0.426 e. The minimum Gasteiger partial charge on any atom is -0.426 e. The van der Waals surface area contributed by atoms with Gasteiger partial charge in [0.05, 0.1) is 0 Å². The smallest absolute Gasteiger partial charge is 0.298 e. The minimum atomic E-state index is -4.25. The molecule has 0 unspecified atom stereocenters. The lowest BCUT2D eigenvalue weighted by Gasteiger charge is -2.12. The first-order valence-electron chi connectivity index (χ1n) is 4.16. The number of rotatable bonds is 2. The Morgan fingerprint density at radius 3 is 2.20 bits per heavy atom. The maximum Gasteiger partial charge on any atom is 0.298 e. The molecule has 4 nitrogen and oxygen atoms in total. The normalized spacial score (nSPS) is 11.5. The summed E-state index contributed by atoms with van der Waals surface area (Å²) >= 11 is 1.60. The number of aryl methyl sites for hydroxylation is 2. The van der Waals surface area contributed by atoms with E-state index in [1.54, 1.807) is 43.8 Å². The monoisotopic (exact) mass is 342 g/mol. The molecule has 0 aliphatic carbocycles. The zero-order valence-electron chi connectivity index (χ0n) is 8.54. The summed E-state index contributed by atoms with van der Waals surface area (Å²) in [6, 6.07) is 1.82. The predicted octanol–water partition coefficient (Wildman–Crippen LogP) is 2.59. The lowest BCUT2D eigenvalue weighted by molar-refractivity contribution is 0.479. The summed E-state index contributed by atoms with van der Waals surface area (Å²) in [7, 11) is -4.25. The molecule has 1 N–H and O–H groups in total. The molecular formula is C9H11IO4S. The molecule has 0 aliphatic heterocycles. The molecule has 0 heterocycles. The molecule has 6 heteroatoms. The van der Waals surface area contributed by atoms with E-state index in [0.717, 1.165) is 5.56 Å². The Morgan fingerprint density at radius 2 is 1.80 bits per heavy atom. The van der Waals surface area contributed by atoms with Crippen LogP contribution in [0.25, 0.3) is 0 Å². The molecule has 0 amide bonds. The predicted molar refractivity (Wildman–Crippen MR) is 65.1 cm³/mol. The summed E-state index contributed by atoms with van der Waals surface area (Å²) in [4.78, 5) is -0.144. The van der Waals surface area contributed by atoms with E-state index in [-0.39, 0.29) is 10.6 Å². The van der Waals surface area contributed by atoms with E-state index >= 15 is 0 Å². The molecule has 0 radical (unpaired) electrons. The number of benzene rings is 1. The van der Waals surface area contributed by atoms with Gasteiger partial charge < -0.3 is 3.07 Å². The third-order valence-corrected chi connectivity index (χ3v) is 3.71. The van der Waals surface area contributed by atoms with Crippen molar-refractivity contribution in [3.05, 3.63) is 22.8 Å². The van der Waals surface area contributed by atoms with Crippen molar-refractivity contribution in [2.24, 2.45) is 0 Å². The van der Waals surface area contributed by atoms with E-state index in [1.807, 2.05) is 6.07 Å². The molecule has 0 saturated heterocycles. The SMILES string of the molecule is Cc1cc(C)c(OI)c(S(=O)(=O)O)c1C. The van der Waals surface area contributed by atoms with Crippen LogP contribution in [0.2, 0.25) is 0 Å². The summed E-state index contributed by atoms with van der Waals surface area (Å²) in [5.41, 5.74) is 1.99. The van der Waals surface area contributed by atoms with Gasteiger partial charge in [-0.25, -0.2) is 0 Å². The highest BCUT2D eigenvalue weighted by Gasteiger charge is 2.23. The lowest BCUT2D eigenvalue weighted by atomic mass is 10.1. The van der Waals surface area contributed by atoms with Gasteiger partial charge in [0, 0.05) is 0 Å². The van der Waals surface area contributed by atoms with Gasteiger partial charge in [-0.1, -0.05) is 6.07 Å². The highest BCUT2D eigenvalue weighted by atomic mass is 127. The molecule has 0 fully saturated rings. The Hall–Kier alpha value is -0.340. The van der Waals surface area contributed by atoms with Crippen LogP contribution in [0, 0.1) is 20.8 Å². The van der Waals surface area contributed by atoms with E-state index in [4.69, 9.17) is 7.62 Å². The highest BCUT2D eigenvalue weighted by molar-refractivity contribution is 14.1. The van der Waals surface area contributed by atoms with E-state index < -0.39 is 10.1 Å². The topological polar surface area (TPSA) is 63.6 Å². The fraction of sp³-hybridized carbons (Fsp3) is 0.333. The second-order valence-corrected chi connectivity index (χ2v) is 5.14. The van der Waals surface area contributed by atoms with E-state index in [0.29, 0.717) is 11.1 Å². The van der Waals surface area contributed by atoms with Gasteiger partial charge in [0.2, 0.25) is 0 Å². The second-order valence-electron chi connectivity index (χ2n) is 3.35. The first-order chi connectivity index (χ1) is 6.79. The van der Waals surface area contributed by atoms with Gasteiger partial charge in [-0.05, 0) is 37.5 Å². The van der Waals surface area contributed by atoms with E-state index in [2.05, 4.69) is 0 Å². The average Bonchev–Trinajstić information content (AvgIpc) is 2.08. The van der Waals surface area contributed by atoms with Crippen LogP contribution in [0.1, 0.15) is 16.7 Å². The number of hydrogen-bond donors (Lipinski definition) is 1. The fourth-order valence-electron chi connectivity index (χ4n) is 1.43. The van der Waals surface area contributed by atoms with Gasteiger partial charge in [-0.15, -0.1) is 0 Å². The summed E-state index contributed by atoms with van der Waals surface area (Å²) in [5.74, 6) is 0.196. The minimum absolute atomic E-state index is 0.144. The third kappa shape index (κ3) is 2.43. The fourth-order valence-corrected chi connectivity index (χ4v) is 3.14. The molecule has 0 atom stereocenters. The molecule has 0 aliphatic rings. The lowest BCUT2D eigenvalue weighted by Crippen LogP contribution is -2.05. The molecule has 0 bridgehead atoms. The molecule has 84 valence electrons.